The van der Waals surface area contributed by atoms with Crippen molar-refractivity contribution in [3.05, 3.63) is 58.2 Å². The number of nitrogens with one attached hydrogen (secondary N) is 1. The Morgan fingerprint density at radius 1 is 1.35 bits per heavy atom. The van der Waals surface area contributed by atoms with Gasteiger partial charge in [0.25, 0.3) is 0 Å². The number of rotatable bonds is 6. The molecule has 10 heteroatoms. The normalized spacial score (nSPS) is 15.7. The van der Waals surface area contributed by atoms with Crippen molar-refractivity contribution in [1.82, 2.24) is 20.1 Å². The molecule has 4 rings (SSSR count). The lowest BCUT2D eigenvalue weighted by atomic mass is 9.89. The molecule has 0 bridgehead atoms. The van der Waals surface area contributed by atoms with Gasteiger partial charge in [0, 0.05) is 47.2 Å². The highest BCUT2D eigenvalue weighted by molar-refractivity contribution is 6.36. The number of nitrogens with two attached hydrogens (primary N) is 1. The Kier molecular flexibility index (Phi) is 5.75. The summed E-state index contributed by atoms with van der Waals surface area (Å²) in [4.78, 5) is 4.22. The molecule has 31 heavy (non-hydrogen) atoms. The molecule has 1 atom stereocenters. The molecule has 0 radical (unpaired) electrons. The first-order valence-corrected chi connectivity index (χ1v) is 10.3. The molecular weight excluding hydrogens is 442 g/mol. The summed E-state index contributed by atoms with van der Waals surface area (Å²) in [5.74, 6) is -0.0949. The van der Waals surface area contributed by atoms with Crippen molar-refractivity contribution in [2.24, 2.45) is 0 Å². The summed E-state index contributed by atoms with van der Waals surface area (Å²) >= 11 is 12.3. The van der Waals surface area contributed by atoms with Gasteiger partial charge < -0.3 is 15.8 Å². The predicted molar refractivity (Wildman–Crippen MR) is 116 cm³/mol. The number of nitrogen functional groups attached to an aromatic ring is 1. The molecule has 1 fully saturated rings. The Morgan fingerprint density at radius 2 is 2.13 bits per heavy atom. The van der Waals surface area contributed by atoms with Crippen molar-refractivity contribution >= 4 is 29.0 Å². The van der Waals surface area contributed by atoms with Gasteiger partial charge >= 0.3 is 0 Å². The second-order valence-corrected chi connectivity index (χ2v) is 8.25. The van der Waals surface area contributed by atoms with Crippen LogP contribution in [0, 0.1) is 17.1 Å². The molecule has 2 aromatic heterocycles. The van der Waals surface area contributed by atoms with Crippen LogP contribution in [0.1, 0.15) is 25.0 Å². The van der Waals surface area contributed by atoms with E-state index in [4.69, 9.17) is 38.9 Å². The molecule has 0 aliphatic carbocycles. The number of hydrogen-bond donors (Lipinski definition) is 2. The highest BCUT2D eigenvalue weighted by atomic mass is 35.5. The van der Waals surface area contributed by atoms with Crippen LogP contribution in [0.15, 0.2) is 36.8 Å². The zero-order valence-electron chi connectivity index (χ0n) is 16.6. The van der Waals surface area contributed by atoms with Crippen molar-refractivity contribution in [2.45, 2.75) is 25.0 Å². The van der Waals surface area contributed by atoms with Gasteiger partial charge in [0.1, 0.15) is 17.5 Å². The van der Waals surface area contributed by atoms with Crippen molar-refractivity contribution in [2.75, 3.05) is 18.8 Å². The number of pyridine rings is 1. The number of benzene rings is 1. The first-order chi connectivity index (χ1) is 14.8. The van der Waals surface area contributed by atoms with Gasteiger partial charge in [0.05, 0.1) is 23.7 Å². The smallest absolute Gasteiger partial charge is 0.166 e. The highest BCUT2D eigenvalue weighted by Crippen LogP contribution is 2.37. The summed E-state index contributed by atoms with van der Waals surface area (Å²) in [7, 11) is 0. The Morgan fingerprint density at radius 3 is 2.81 bits per heavy atom. The molecule has 1 aromatic carbocycles. The van der Waals surface area contributed by atoms with E-state index in [1.165, 1.54) is 12.1 Å². The van der Waals surface area contributed by atoms with Crippen LogP contribution in [0.3, 0.4) is 0 Å². The summed E-state index contributed by atoms with van der Waals surface area (Å²) in [6.07, 6.45) is 4.89. The van der Waals surface area contributed by atoms with Crippen molar-refractivity contribution < 1.29 is 9.13 Å². The summed E-state index contributed by atoms with van der Waals surface area (Å²) in [6.45, 7) is 3.07. The van der Waals surface area contributed by atoms with E-state index in [-0.39, 0.29) is 16.4 Å². The number of anilines is 1. The first kappa shape index (κ1) is 21.4. The number of ether oxygens (including phenoxy) is 1. The average Bonchev–Trinajstić information content (AvgIpc) is 3.20. The van der Waals surface area contributed by atoms with Gasteiger partial charge in [-0.3, -0.25) is 4.68 Å². The number of nitrogens with zero attached hydrogens (tertiary/aromatic N) is 4. The molecule has 3 heterocycles. The van der Waals surface area contributed by atoms with Crippen LogP contribution in [0.4, 0.5) is 10.2 Å². The molecule has 0 amide bonds. The van der Waals surface area contributed by atoms with E-state index in [1.54, 1.807) is 25.4 Å². The maximum Gasteiger partial charge on any atom is 0.166 e. The van der Waals surface area contributed by atoms with Crippen LogP contribution < -0.4 is 15.8 Å². The minimum atomic E-state index is -0.669. The summed E-state index contributed by atoms with van der Waals surface area (Å²) in [6, 6.07) is 6.59. The lowest BCUT2D eigenvalue weighted by Gasteiger charge is -2.41. The summed E-state index contributed by atoms with van der Waals surface area (Å²) in [5, 5.41) is 17.0. The molecule has 0 saturated carbocycles. The lowest BCUT2D eigenvalue weighted by molar-refractivity contribution is 0.160. The van der Waals surface area contributed by atoms with Crippen molar-refractivity contribution in [1.29, 1.82) is 5.26 Å². The van der Waals surface area contributed by atoms with Gasteiger partial charge in [-0.15, -0.1) is 0 Å². The maximum atomic E-state index is 13.9. The van der Waals surface area contributed by atoms with E-state index in [2.05, 4.69) is 21.5 Å². The highest BCUT2D eigenvalue weighted by Gasteiger charge is 2.39. The third-order valence-corrected chi connectivity index (χ3v) is 6.10. The molecule has 1 unspecified atom stereocenters. The third kappa shape index (κ3) is 3.92. The molecule has 7 nitrogen and oxygen atoms in total. The molecule has 160 valence electrons. The van der Waals surface area contributed by atoms with Gasteiger partial charge in [0.2, 0.25) is 0 Å². The average molecular weight is 461 g/mol. The zero-order chi connectivity index (χ0) is 22.2. The van der Waals surface area contributed by atoms with E-state index in [9.17, 15) is 4.39 Å². The monoisotopic (exact) mass is 460 g/mol. The van der Waals surface area contributed by atoms with Crippen molar-refractivity contribution in [3.63, 3.8) is 0 Å². The largest absolute Gasteiger partial charge is 0.482 e. The van der Waals surface area contributed by atoms with Crippen LogP contribution in [0.5, 0.6) is 5.75 Å². The fourth-order valence-corrected chi connectivity index (χ4v) is 4.21. The lowest BCUT2D eigenvalue weighted by Crippen LogP contribution is -2.60. The van der Waals surface area contributed by atoms with E-state index in [0.29, 0.717) is 35.8 Å². The molecule has 3 aromatic rings. The van der Waals surface area contributed by atoms with Gasteiger partial charge in [-0.25, -0.2) is 9.37 Å². The quantitative estimate of drug-likeness (QED) is 0.530. The molecule has 3 N–H and O–H groups in total. The van der Waals surface area contributed by atoms with Crippen LogP contribution >= 0.6 is 23.2 Å². The molecular formula is C21H19Cl2FN6O. The second-order valence-electron chi connectivity index (χ2n) is 7.46. The van der Waals surface area contributed by atoms with Gasteiger partial charge in [-0.2, -0.15) is 10.4 Å². The van der Waals surface area contributed by atoms with Crippen LogP contribution in [-0.2, 0) is 5.54 Å². The second kappa shape index (κ2) is 8.35. The van der Waals surface area contributed by atoms with Gasteiger partial charge in [-0.05, 0) is 25.1 Å². The third-order valence-electron chi connectivity index (χ3n) is 5.39. The Balaban J connectivity index is 1.62. The SMILES string of the molecule is CC(Oc1cc(-c2cnn(C3(CC#N)CNC3)c2)cnc1N)c1c(Cl)ccc(F)c1Cl. The minimum Gasteiger partial charge on any atom is -0.482 e. The summed E-state index contributed by atoms with van der Waals surface area (Å²) < 4.78 is 21.7. The van der Waals surface area contributed by atoms with E-state index < -0.39 is 11.9 Å². The fourth-order valence-electron chi connectivity index (χ4n) is 3.53. The Labute approximate surface area is 188 Å². The van der Waals surface area contributed by atoms with Gasteiger partial charge in [-0.1, -0.05) is 23.2 Å². The molecule has 1 saturated heterocycles. The Hall–Kier alpha value is -2.86. The number of hydrogen-bond acceptors (Lipinski definition) is 6. The standard InChI is InChI=1S/C21H19Cl2FN6O/c1-12(18-15(22)2-3-16(24)19(18)23)31-17-6-13(7-28-20(17)26)14-8-29-30(9-14)21(4-5-25)10-27-11-21/h2-3,6-9,12,27H,4,10-11H2,1H3,(H2,26,28). The molecule has 1 aliphatic rings. The van der Waals surface area contributed by atoms with Gasteiger partial charge in [0.15, 0.2) is 11.6 Å². The van der Waals surface area contributed by atoms with E-state index in [1.807, 2.05) is 10.9 Å². The number of aromatic nitrogens is 3. The topological polar surface area (TPSA) is 102 Å². The summed E-state index contributed by atoms with van der Waals surface area (Å²) in [5.41, 5.74) is 7.53. The minimum absolute atomic E-state index is 0.0964. The van der Waals surface area contributed by atoms with E-state index >= 15 is 0 Å². The van der Waals surface area contributed by atoms with Crippen LogP contribution in [0.2, 0.25) is 10.0 Å². The zero-order valence-corrected chi connectivity index (χ0v) is 18.1. The Bertz CT molecular complexity index is 1170. The predicted octanol–water partition coefficient (Wildman–Crippen LogP) is 4.33. The van der Waals surface area contributed by atoms with Crippen LogP contribution in [0.25, 0.3) is 11.1 Å². The molecule has 0 spiro atoms. The number of nitriles is 1. The number of halogens is 3. The van der Waals surface area contributed by atoms with E-state index in [0.717, 1.165) is 11.1 Å². The maximum absolute atomic E-state index is 13.9. The fraction of sp³-hybridized carbons (Fsp3) is 0.286. The molecule has 1 aliphatic heterocycles. The van der Waals surface area contributed by atoms with Crippen molar-refractivity contribution in [3.8, 4) is 22.9 Å². The van der Waals surface area contributed by atoms with Crippen LogP contribution in [-0.4, -0.2) is 27.9 Å². The first-order valence-electron chi connectivity index (χ1n) is 9.53.